The summed E-state index contributed by atoms with van der Waals surface area (Å²) in [5.74, 6) is 0.824. The lowest BCUT2D eigenvalue weighted by molar-refractivity contribution is -0.134. The maximum Gasteiger partial charge on any atom is 0.250 e. The summed E-state index contributed by atoms with van der Waals surface area (Å²) < 4.78 is 1.76. The average Bonchev–Trinajstić information content (AvgIpc) is 3.26. The summed E-state index contributed by atoms with van der Waals surface area (Å²) in [5.41, 5.74) is 1.95. The van der Waals surface area contributed by atoms with Crippen LogP contribution < -0.4 is 4.90 Å². The van der Waals surface area contributed by atoms with E-state index in [9.17, 15) is 4.79 Å². The molecule has 1 aliphatic heterocycles. The summed E-state index contributed by atoms with van der Waals surface area (Å²) in [6.07, 6.45) is 0. The molecule has 2 heterocycles. The number of rotatable bonds is 5. The van der Waals surface area contributed by atoms with Gasteiger partial charge in [0, 0.05) is 40.3 Å². The molecule has 1 amide bonds. The molecule has 3 aromatic rings. The van der Waals surface area contributed by atoms with Gasteiger partial charge in [-0.2, -0.15) is 4.68 Å². The van der Waals surface area contributed by atoms with Gasteiger partial charge in [0.15, 0.2) is 0 Å². The fourth-order valence-electron chi connectivity index (χ4n) is 3.69. The molecule has 1 aromatic heterocycles. The predicted molar refractivity (Wildman–Crippen MR) is 111 cm³/mol. The molecule has 1 aliphatic rings. The molecule has 150 valence electrons. The molecule has 0 N–H and O–H groups in total. The molecule has 1 unspecified atom stereocenters. The first kappa shape index (κ1) is 19.1. The third kappa shape index (κ3) is 3.97. The molecule has 0 saturated carbocycles. The summed E-state index contributed by atoms with van der Waals surface area (Å²) in [4.78, 5) is 19.0. The molecule has 8 heteroatoms. The smallest absolute Gasteiger partial charge is 0.250 e. The Bertz CT molecular complexity index is 934. The van der Waals surface area contributed by atoms with E-state index in [4.69, 9.17) is 0 Å². The maximum absolute atomic E-state index is 12.9. The molecule has 2 aromatic carbocycles. The van der Waals surface area contributed by atoms with E-state index in [-0.39, 0.29) is 11.9 Å². The monoisotopic (exact) mass is 391 g/mol. The van der Waals surface area contributed by atoms with E-state index in [0.717, 1.165) is 43.4 Å². The van der Waals surface area contributed by atoms with Crippen LogP contribution in [-0.4, -0.2) is 76.2 Å². The Kier molecular flexibility index (Phi) is 5.53. The van der Waals surface area contributed by atoms with Crippen molar-refractivity contribution in [2.45, 2.75) is 6.04 Å². The SMILES string of the molecule is CN(C)C(=O)C(c1ccccc1)N1CCN(c2nnnn2-c2ccccc2)CC1. The van der Waals surface area contributed by atoms with E-state index < -0.39 is 0 Å². The van der Waals surface area contributed by atoms with Gasteiger partial charge in [0.1, 0.15) is 6.04 Å². The van der Waals surface area contributed by atoms with Gasteiger partial charge in [0.25, 0.3) is 0 Å². The number of hydrogen-bond donors (Lipinski definition) is 0. The number of piperazine rings is 1. The van der Waals surface area contributed by atoms with E-state index >= 15 is 0 Å². The summed E-state index contributed by atoms with van der Waals surface area (Å²) >= 11 is 0. The van der Waals surface area contributed by atoms with Crippen molar-refractivity contribution in [1.82, 2.24) is 30.0 Å². The number of carbonyl (C=O) groups is 1. The van der Waals surface area contributed by atoms with Crippen molar-refractivity contribution in [2.24, 2.45) is 0 Å². The first-order chi connectivity index (χ1) is 14.1. The zero-order chi connectivity index (χ0) is 20.2. The summed E-state index contributed by atoms with van der Waals surface area (Å²) in [7, 11) is 3.62. The van der Waals surface area contributed by atoms with Crippen LogP contribution in [0.3, 0.4) is 0 Å². The van der Waals surface area contributed by atoms with Gasteiger partial charge in [-0.3, -0.25) is 9.69 Å². The highest BCUT2D eigenvalue weighted by Gasteiger charge is 2.32. The van der Waals surface area contributed by atoms with Gasteiger partial charge in [-0.25, -0.2) is 0 Å². The second-order valence-corrected chi connectivity index (χ2v) is 7.30. The third-order valence-electron chi connectivity index (χ3n) is 5.21. The van der Waals surface area contributed by atoms with Crippen LogP contribution in [-0.2, 0) is 4.79 Å². The number of aromatic nitrogens is 4. The summed E-state index contributed by atoms with van der Waals surface area (Å²) in [6.45, 7) is 3.00. The molecule has 1 fully saturated rings. The Balaban J connectivity index is 1.52. The Morgan fingerprint density at radius 1 is 0.931 bits per heavy atom. The lowest BCUT2D eigenvalue weighted by atomic mass is 10.0. The van der Waals surface area contributed by atoms with Crippen LogP contribution in [0.25, 0.3) is 5.69 Å². The van der Waals surface area contributed by atoms with Crippen molar-refractivity contribution in [3.8, 4) is 5.69 Å². The minimum Gasteiger partial charge on any atom is -0.347 e. The highest BCUT2D eigenvalue weighted by molar-refractivity contribution is 5.83. The minimum absolute atomic E-state index is 0.0961. The summed E-state index contributed by atoms with van der Waals surface area (Å²) in [6, 6.07) is 19.6. The van der Waals surface area contributed by atoms with Crippen LogP contribution in [0.5, 0.6) is 0 Å². The van der Waals surface area contributed by atoms with Crippen LogP contribution in [0.4, 0.5) is 5.95 Å². The minimum atomic E-state index is -0.279. The second-order valence-electron chi connectivity index (χ2n) is 7.30. The first-order valence-corrected chi connectivity index (χ1v) is 9.74. The predicted octanol–water partition coefficient (Wildman–Crippen LogP) is 1.61. The van der Waals surface area contributed by atoms with Crippen molar-refractivity contribution in [3.05, 3.63) is 66.2 Å². The van der Waals surface area contributed by atoms with Gasteiger partial charge in [-0.15, -0.1) is 0 Å². The number of nitrogens with zero attached hydrogens (tertiary/aromatic N) is 7. The fraction of sp³-hybridized carbons (Fsp3) is 0.333. The number of anilines is 1. The zero-order valence-electron chi connectivity index (χ0n) is 16.7. The number of amides is 1. The topological polar surface area (TPSA) is 70.4 Å². The Morgan fingerprint density at radius 3 is 2.17 bits per heavy atom. The molecular formula is C21H25N7O. The van der Waals surface area contributed by atoms with Crippen LogP contribution >= 0.6 is 0 Å². The van der Waals surface area contributed by atoms with E-state index in [2.05, 4.69) is 25.3 Å². The number of tetrazole rings is 1. The summed E-state index contributed by atoms with van der Waals surface area (Å²) in [5, 5.41) is 12.3. The van der Waals surface area contributed by atoms with Crippen molar-refractivity contribution in [1.29, 1.82) is 0 Å². The normalized spacial score (nSPS) is 15.9. The molecule has 29 heavy (non-hydrogen) atoms. The number of likely N-dealkylation sites (N-methyl/N-ethyl adjacent to an activating group) is 1. The number of para-hydroxylation sites is 1. The van der Waals surface area contributed by atoms with Gasteiger partial charge in [-0.1, -0.05) is 53.6 Å². The van der Waals surface area contributed by atoms with Gasteiger partial charge in [-0.05, 0) is 28.1 Å². The largest absolute Gasteiger partial charge is 0.347 e. The van der Waals surface area contributed by atoms with Gasteiger partial charge in [0.05, 0.1) is 5.69 Å². The van der Waals surface area contributed by atoms with E-state index in [0.29, 0.717) is 0 Å². The second kappa shape index (κ2) is 8.40. The van der Waals surface area contributed by atoms with Gasteiger partial charge >= 0.3 is 0 Å². The Hall–Kier alpha value is -3.26. The van der Waals surface area contributed by atoms with Crippen molar-refractivity contribution in [2.75, 3.05) is 45.2 Å². The number of benzene rings is 2. The highest BCUT2D eigenvalue weighted by atomic mass is 16.2. The van der Waals surface area contributed by atoms with Gasteiger partial charge in [0.2, 0.25) is 11.9 Å². The molecular weight excluding hydrogens is 366 g/mol. The lowest BCUT2D eigenvalue weighted by Crippen LogP contribution is -2.51. The Labute approximate surface area is 170 Å². The molecule has 1 saturated heterocycles. The van der Waals surface area contributed by atoms with Crippen molar-refractivity contribution in [3.63, 3.8) is 0 Å². The number of carbonyl (C=O) groups excluding carboxylic acids is 1. The van der Waals surface area contributed by atoms with Gasteiger partial charge < -0.3 is 9.80 Å². The Morgan fingerprint density at radius 2 is 1.55 bits per heavy atom. The third-order valence-corrected chi connectivity index (χ3v) is 5.21. The zero-order valence-corrected chi connectivity index (χ0v) is 16.7. The van der Waals surface area contributed by atoms with Crippen LogP contribution in [0, 0.1) is 0 Å². The van der Waals surface area contributed by atoms with Crippen LogP contribution in [0.15, 0.2) is 60.7 Å². The number of hydrogen-bond acceptors (Lipinski definition) is 6. The quantitative estimate of drug-likeness (QED) is 0.658. The molecule has 0 aliphatic carbocycles. The average molecular weight is 391 g/mol. The molecule has 0 spiro atoms. The maximum atomic E-state index is 12.9. The molecule has 1 atom stereocenters. The molecule has 4 rings (SSSR count). The first-order valence-electron chi connectivity index (χ1n) is 9.74. The van der Waals surface area contributed by atoms with Crippen LogP contribution in [0.1, 0.15) is 11.6 Å². The van der Waals surface area contributed by atoms with Crippen molar-refractivity contribution < 1.29 is 4.79 Å². The van der Waals surface area contributed by atoms with E-state index in [1.807, 2.05) is 74.8 Å². The molecule has 0 radical (unpaired) electrons. The van der Waals surface area contributed by atoms with Crippen molar-refractivity contribution >= 4 is 11.9 Å². The fourth-order valence-corrected chi connectivity index (χ4v) is 3.69. The van der Waals surface area contributed by atoms with E-state index in [1.165, 1.54) is 0 Å². The van der Waals surface area contributed by atoms with Crippen LogP contribution in [0.2, 0.25) is 0 Å². The van der Waals surface area contributed by atoms with E-state index in [1.54, 1.807) is 9.58 Å². The lowest BCUT2D eigenvalue weighted by Gasteiger charge is -2.39. The molecule has 0 bridgehead atoms. The highest BCUT2D eigenvalue weighted by Crippen LogP contribution is 2.25. The standard InChI is InChI=1S/C21H25N7O/c1-25(2)20(29)19(17-9-5-3-6-10-17)26-13-15-27(16-14-26)21-22-23-24-28(21)18-11-7-4-8-12-18/h3-12,19H,13-16H2,1-2H3. The molecule has 8 nitrogen and oxygen atoms in total.